The summed E-state index contributed by atoms with van der Waals surface area (Å²) in [6.07, 6.45) is 0. The van der Waals surface area contributed by atoms with Crippen molar-refractivity contribution in [1.29, 1.82) is 0 Å². The van der Waals surface area contributed by atoms with Crippen LogP contribution in [0.1, 0.15) is 31.1 Å². The standard InChI is InChI=1S/C15H24N2O3/c1-4-17(5-2)9-10-20-14-11-12(7-8-13(14)16)15(18)19-6-3/h7-8,11H,4-6,9-10,16H2,1-3H3. The quantitative estimate of drug-likeness (QED) is 0.584. The number of carbonyl (C=O) groups excluding carboxylic acids is 1. The van der Waals surface area contributed by atoms with Crippen LogP contribution in [0, 0.1) is 0 Å². The van der Waals surface area contributed by atoms with Crippen molar-refractivity contribution in [3.63, 3.8) is 0 Å². The van der Waals surface area contributed by atoms with Crippen molar-refractivity contribution in [2.24, 2.45) is 0 Å². The van der Waals surface area contributed by atoms with Crippen LogP contribution in [-0.2, 0) is 4.74 Å². The number of nitrogens with two attached hydrogens (primary N) is 1. The van der Waals surface area contributed by atoms with Crippen molar-refractivity contribution in [2.75, 3.05) is 38.6 Å². The van der Waals surface area contributed by atoms with E-state index in [2.05, 4.69) is 18.7 Å². The van der Waals surface area contributed by atoms with E-state index in [4.69, 9.17) is 15.2 Å². The summed E-state index contributed by atoms with van der Waals surface area (Å²) >= 11 is 0. The second-order valence-electron chi connectivity index (χ2n) is 4.35. The molecule has 1 aromatic carbocycles. The SMILES string of the molecule is CCOC(=O)c1ccc(N)c(OCCN(CC)CC)c1. The molecule has 5 nitrogen and oxygen atoms in total. The Morgan fingerprint density at radius 3 is 2.55 bits per heavy atom. The Bertz CT molecular complexity index is 431. The molecule has 0 aliphatic heterocycles. The highest BCUT2D eigenvalue weighted by atomic mass is 16.5. The van der Waals surface area contributed by atoms with Crippen LogP contribution >= 0.6 is 0 Å². The average molecular weight is 280 g/mol. The topological polar surface area (TPSA) is 64.8 Å². The Morgan fingerprint density at radius 1 is 1.25 bits per heavy atom. The van der Waals surface area contributed by atoms with Crippen LogP contribution in [0.2, 0.25) is 0 Å². The molecule has 0 saturated heterocycles. The molecule has 112 valence electrons. The smallest absolute Gasteiger partial charge is 0.338 e. The molecule has 20 heavy (non-hydrogen) atoms. The summed E-state index contributed by atoms with van der Waals surface area (Å²) in [6, 6.07) is 4.94. The summed E-state index contributed by atoms with van der Waals surface area (Å²) in [7, 11) is 0. The summed E-state index contributed by atoms with van der Waals surface area (Å²) in [5.74, 6) is 0.170. The van der Waals surface area contributed by atoms with Crippen molar-refractivity contribution in [1.82, 2.24) is 4.90 Å². The number of nitrogens with zero attached hydrogens (tertiary/aromatic N) is 1. The van der Waals surface area contributed by atoms with E-state index < -0.39 is 0 Å². The molecule has 0 atom stereocenters. The van der Waals surface area contributed by atoms with E-state index in [0.717, 1.165) is 19.6 Å². The lowest BCUT2D eigenvalue weighted by Gasteiger charge is -2.18. The van der Waals surface area contributed by atoms with Gasteiger partial charge in [-0.25, -0.2) is 4.79 Å². The van der Waals surface area contributed by atoms with Crippen LogP contribution in [0.4, 0.5) is 5.69 Å². The molecule has 0 amide bonds. The van der Waals surface area contributed by atoms with Gasteiger partial charge in [-0.2, -0.15) is 0 Å². The number of anilines is 1. The molecule has 1 aromatic rings. The number of ether oxygens (including phenoxy) is 2. The zero-order valence-corrected chi connectivity index (χ0v) is 12.5. The third-order valence-corrected chi connectivity index (χ3v) is 3.08. The van der Waals surface area contributed by atoms with Crippen LogP contribution in [-0.4, -0.2) is 43.7 Å². The first-order valence-electron chi connectivity index (χ1n) is 7.04. The van der Waals surface area contributed by atoms with E-state index in [1.54, 1.807) is 25.1 Å². The highest BCUT2D eigenvalue weighted by molar-refractivity contribution is 5.90. The maximum Gasteiger partial charge on any atom is 0.338 e. The molecule has 0 bridgehead atoms. The number of esters is 1. The minimum absolute atomic E-state index is 0.349. The van der Waals surface area contributed by atoms with Gasteiger partial charge >= 0.3 is 5.97 Å². The van der Waals surface area contributed by atoms with E-state index in [1.807, 2.05) is 0 Å². The molecule has 2 N–H and O–H groups in total. The molecule has 0 saturated carbocycles. The van der Waals surface area contributed by atoms with E-state index >= 15 is 0 Å². The van der Waals surface area contributed by atoms with Gasteiger partial charge in [0.1, 0.15) is 12.4 Å². The average Bonchev–Trinajstić information content (AvgIpc) is 2.45. The lowest BCUT2D eigenvalue weighted by molar-refractivity contribution is 0.0526. The lowest BCUT2D eigenvalue weighted by atomic mass is 10.2. The minimum Gasteiger partial charge on any atom is -0.490 e. The first kappa shape index (κ1) is 16.3. The summed E-state index contributed by atoms with van der Waals surface area (Å²) in [6.45, 7) is 9.68. The van der Waals surface area contributed by atoms with Crippen LogP contribution in [0.15, 0.2) is 18.2 Å². The third-order valence-electron chi connectivity index (χ3n) is 3.08. The van der Waals surface area contributed by atoms with Gasteiger partial charge in [-0.05, 0) is 38.2 Å². The zero-order valence-electron chi connectivity index (χ0n) is 12.5. The predicted molar refractivity (Wildman–Crippen MR) is 80.1 cm³/mol. The number of likely N-dealkylation sites (N-methyl/N-ethyl adjacent to an activating group) is 1. The lowest BCUT2D eigenvalue weighted by Crippen LogP contribution is -2.28. The van der Waals surface area contributed by atoms with Gasteiger partial charge in [0.15, 0.2) is 0 Å². The molecule has 0 aliphatic rings. The van der Waals surface area contributed by atoms with Gasteiger partial charge in [0.2, 0.25) is 0 Å². The second-order valence-corrected chi connectivity index (χ2v) is 4.35. The molecule has 1 rings (SSSR count). The molecule has 0 spiro atoms. The first-order valence-corrected chi connectivity index (χ1v) is 7.04. The highest BCUT2D eigenvalue weighted by Crippen LogP contribution is 2.23. The third kappa shape index (κ3) is 4.74. The van der Waals surface area contributed by atoms with Crippen molar-refractivity contribution >= 4 is 11.7 Å². The minimum atomic E-state index is -0.360. The molecular weight excluding hydrogens is 256 g/mol. The van der Waals surface area contributed by atoms with Gasteiger partial charge < -0.3 is 20.1 Å². The van der Waals surface area contributed by atoms with E-state index in [9.17, 15) is 4.79 Å². The van der Waals surface area contributed by atoms with Gasteiger partial charge in [0, 0.05) is 6.54 Å². The fourth-order valence-corrected chi connectivity index (χ4v) is 1.83. The number of benzene rings is 1. The van der Waals surface area contributed by atoms with Gasteiger partial charge in [-0.15, -0.1) is 0 Å². The van der Waals surface area contributed by atoms with Crippen molar-refractivity contribution in [3.05, 3.63) is 23.8 Å². The number of nitrogen functional groups attached to an aromatic ring is 1. The van der Waals surface area contributed by atoms with Crippen LogP contribution < -0.4 is 10.5 Å². The fraction of sp³-hybridized carbons (Fsp3) is 0.533. The van der Waals surface area contributed by atoms with E-state index in [-0.39, 0.29) is 5.97 Å². The largest absolute Gasteiger partial charge is 0.490 e. The molecule has 0 fully saturated rings. The van der Waals surface area contributed by atoms with Gasteiger partial charge in [-0.3, -0.25) is 0 Å². The van der Waals surface area contributed by atoms with Crippen molar-refractivity contribution < 1.29 is 14.3 Å². The Morgan fingerprint density at radius 2 is 1.95 bits per heavy atom. The highest BCUT2D eigenvalue weighted by Gasteiger charge is 2.10. The van der Waals surface area contributed by atoms with Gasteiger partial charge in [0.25, 0.3) is 0 Å². The molecule has 0 aromatic heterocycles. The Balaban J connectivity index is 2.64. The summed E-state index contributed by atoms with van der Waals surface area (Å²) < 4.78 is 10.6. The molecule has 0 aliphatic carbocycles. The van der Waals surface area contributed by atoms with Crippen molar-refractivity contribution in [2.45, 2.75) is 20.8 Å². The second kappa shape index (κ2) is 8.43. The first-order chi connectivity index (χ1) is 9.62. The Kier molecular flexibility index (Phi) is 6.87. The van der Waals surface area contributed by atoms with Gasteiger partial charge in [0.05, 0.1) is 17.9 Å². The summed E-state index contributed by atoms with van der Waals surface area (Å²) in [5.41, 5.74) is 6.84. The zero-order chi connectivity index (χ0) is 15.0. The number of carbonyl (C=O) groups is 1. The van der Waals surface area contributed by atoms with Gasteiger partial charge in [-0.1, -0.05) is 13.8 Å². The van der Waals surface area contributed by atoms with Crippen LogP contribution in [0.25, 0.3) is 0 Å². The van der Waals surface area contributed by atoms with Crippen molar-refractivity contribution in [3.8, 4) is 5.75 Å². The fourth-order valence-electron chi connectivity index (χ4n) is 1.83. The summed E-state index contributed by atoms with van der Waals surface area (Å²) in [4.78, 5) is 13.9. The molecule has 5 heteroatoms. The maximum absolute atomic E-state index is 11.7. The molecular formula is C15H24N2O3. The summed E-state index contributed by atoms with van der Waals surface area (Å²) in [5, 5.41) is 0. The Labute approximate surface area is 120 Å². The Hall–Kier alpha value is -1.75. The number of rotatable bonds is 8. The molecule has 0 unspecified atom stereocenters. The van der Waals surface area contributed by atoms with Crippen LogP contribution in [0.3, 0.4) is 0 Å². The normalized spacial score (nSPS) is 10.6. The predicted octanol–water partition coefficient (Wildman–Crippen LogP) is 2.17. The van der Waals surface area contributed by atoms with E-state index in [1.165, 1.54) is 0 Å². The monoisotopic (exact) mass is 280 g/mol. The molecule has 0 radical (unpaired) electrons. The maximum atomic E-state index is 11.7. The van der Waals surface area contributed by atoms with Crippen LogP contribution in [0.5, 0.6) is 5.75 Å². The van der Waals surface area contributed by atoms with E-state index in [0.29, 0.717) is 30.2 Å². The number of hydrogen-bond acceptors (Lipinski definition) is 5. The number of hydrogen-bond donors (Lipinski definition) is 1. The molecule has 0 heterocycles.